The van der Waals surface area contributed by atoms with Gasteiger partial charge in [0.25, 0.3) is 11.7 Å². The molecule has 2 aromatic rings. The third kappa shape index (κ3) is 2.73. The van der Waals surface area contributed by atoms with E-state index < -0.39 is 0 Å². The minimum absolute atomic E-state index is 0.0267. The second kappa shape index (κ2) is 5.87. The van der Waals surface area contributed by atoms with Crippen LogP contribution in [0.1, 0.15) is 54.6 Å². The standard InChI is InChI=1S/C16H21N5O/c1-10-9-11(2)21-14(19-20-16(21)17-10)15(22)18-12(3)13-7-5-4-6-8-13/h7,9,12H,4-6,8H2,1-3H3,(H,18,22)/t12-/m1/s1. The molecule has 1 atom stereocenters. The number of nitrogens with one attached hydrogen (secondary N) is 1. The van der Waals surface area contributed by atoms with E-state index in [1.54, 1.807) is 4.40 Å². The van der Waals surface area contributed by atoms with Gasteiger partial charge in [-0.05, 0) is 52.5 Å². The maximum atomic E-state index is 12.5. The Hall–Kier alpha value is -2.24. The van der Waals surface area contributed by atoms with E-state index in [1.165, 1.54) is 18.4 Å². The van der Waals surface area contributed by atoms with Crippen LogP contribution in [0.4, 0.5) is 0 Å². The van der Waals surface area contributed by atoms with Crippen molar-refractivity contribution in [1.29, 1.82) is 0 Å². The van der Waals surface area contributed by atoms with Crippen molar-refractivity contribution in [3.05, 3.63) is 34.9 Å². The first-order valence-electron chi connectivity index (χ1n) is 7.75. The zero-order chi connectivity index (χ0) is 15.7. The van der Waals surface area contributed by atoms with Gasteiger partial charge in [0.2, 0.25) is 5.82 Å². The molecule has 0 fully saturated rings. The number of hydrogen-bond donors (Lipinski definition) is 1. The normalized spacial score (nSPS) is 16.4. The summed E-state index contributed by atoms with van der Waals surface area (Å²) >= 11 is 0. The first-order valence-corrected chi connectivity index (χ1v) is 7.75. The Kier molecular flexibility index (Phi) is 3.92. The van der Waals surface area contributed by atoms with Crippen LogP contribution >= 0.6 is 0 Å². The van der Waals surface area contributed by atoms with Gasteiger partial charge >= 0.3 is 0 Å². The Labute approximate surface area is 129 Å². The van der Waals surface area contributed by atoms with Gasteiger partial charge in [0.15, 0.2) is 0 Å². The number of aromatic nitrogens is 4. The van der Waals surface area contributed by atoms with E-state index >= 15 is 0 Å². The molecule has 0 spiro atoms. The van der Waals surface area contributed by atoms with Gasteiger partial charge in [-0.3, -0.25) is 9.20 Å². The van der Waals surface area contributed by atoms with Gasteiger partial charge in [0.05, 0.1) is 0 Å². The Morgan fingerprint density at radius 2 is 2.14 bits per heavy atom. The van der Waals surface area contributed by atoms with Gasteiger partial charge in [-0.25, -0.2) is 4.98 Å². The number of hydrogen-bond acceptors (Lipinski definition) is 4. The van der Waals surface area contributed by atoms with E-state index in [4.69, 9.17) is 0 Å². The Bertz CT molecular complexity index is 746. The van der Waals surface area contributed by atoms with E-state index in [0.29, 0.717) is 11.6 Å². The molecule has 3 rings (SSSR count). The zero-order valence-corrected chi connectivity index (χ0v) is 13.3. The lowest BCUT2D eigenvalue weighted by Crippen LogP contribution is -2.35. The molecule has 0 aromatic carbocycles. The molecule has 116 valence electrons. The highest BCUT2D eigenvalue weighted by Gasteiger charge is 2.20. The van der Waals surface area contributed by atoms with Gasteiger partial charge in [0.1, 0.15) is 0 Å². The maximum Gasteiger partial charge on any atom is 0.290 e. The van der Waals surface area contributed by atoms with Crippen LogP contribution < -0.4 is 5.32 Å². The van der Waals surface area contributed by atoms with Crippen LogP contribution in [-0.2, 0) is 0 Å². The van der Waals surface area contributed by atoms with Crippen molar-refractivity contribution >= 4 is 11.7 Å². The molecular weight excluding hydrogens is 278 g/mol. The molecule has 0 unspecified atom stereocenters. The highest BCUT2D eigenvalue weighted by atomic mass is 16.2. The fourth-order valence-electron chi connectivity index (χ4n) is 2.99. The van der Waals surface area contributed by atoms with Gasteiger partial charge in [-0.1, -0.05) is 11.6 Å². The van der Waals surface area contributed by atoms with Crippen molar-refractivity contribution in [2.75, 3.05) is 0 Å². The second-order valence-electron chi connectivity index (χ2n) is 5.92. The predicted octanol–water partition coefficient (Wildman–Crippen LogP) is 2.36. The van der Waals surface area contributed by atoms with E-state index in [-0.39, 0.29) is 11.9 Å². The lowest BCUT2D eigenvalue weighted by molar-refractivity contribution is 0.0932. The maximum absolute atomic E-state index is 12.5. The molecule has 1 amide bonds. The van der Waals surface area contributed by atoms with Crippen molar-refractivity contribution < 1.29 is 4.79 Å². The first-order chi connectivity index (χ1) is 10.6. The molecule has 2 aromatic heterocycles. The predicted molar refractivity (Wildman–Crippen MR) is 83.7 cm³/mol. The molecule has 1 N–H and O–H groups in total. The molecule has 6 heteroatoms. The average Bonchev–Trinajstić information content (AvgIpc) is 2.92. The topological polar surface area (TPSA) is 72.2 Å². The summed E-state index contributed by atoms with van der Waals surface area (Å²) in [5, 5.41) is 11.0. The summed E-state index contributed by atoms with van der Waals surface area (Å²) < 4.78 is 1.70. The van der Waals surface area contributed by atoms with Crippen molar-refractivity contribution in [2.45, 2.75) is 52.5 Å². The number of amides is 1. The molecule has 0 radical (unpaired) electrons. The van der Waals surface area contributed by atoms with Gasteiger partial charge in [0, 0.05) is 17.4 Å². The molecular formula is C16H21N5O. The van der Waals surface area contributed by atoms with Crippen LogP contribution in [-0.4, -0.2) is 31.5 Å². The molecule has 0 saturated carbocycles. The van der Waals surface area contributed by atoms with Crippen molar-refractivity contribution in [2.24, 2.45) is 0 Å². The molecule has 1 aliphatic rings. The highest BCUT2D eigenvalue weighted by Crippen LogP contribution is 2.20. The zero-order valence-electron chi connectivity index (χ0n) is 13.3. The SMILES string of the molecule is Cc1cc(C)n2c(C(=O)N[C@H](C)C3=CCCCC3)nnc2n1. The molecule has 6 nitrogen and oxygen atoms in total. The number of fused-ring (bicyclic) bond motifs is 1. The minimum Gasteiger partial charge on any atom is -0.343 e. The van der Waals surface area contributed by atoms with Crippen molar-refractivity contribution in [1.82, 2.24) is 24.9 Å². The second-order valence-corrected chi connectivity index (χ2v) is 5.92. The number of aryl methyl sites for hydroxylation is 2. The van der Waals surface area contributed by atoms with Crippen LogP contribution in [0.3, 0.4) is 0 Å². The van der Waals surface area contributed by atoms with Crippen LogP contribution in [0.5, 0.6) is 0 Å². The summed E-state index contributed by atoms with van der Waals surface area (Å²) in [7, 11) is 0. The number of rotatable bonds is 3. The Morgan fingerprint density at radius 3 is 2.86 bits per heavy atom. The van der Waals surface area contributed by atoms with Gasteiger partial charge in [-0.2, -0.15) is 0 Å². The molecule has 1 aliphatic carbocycles. The quantitative estimate of drug-likeness (QED) is 0.883. The van der Waals surface area contributed by atoms with E-state index in [0.717, 1.165) is 24.2 Å². The summed E-state index contributed by atoms with van der Waals surface area (Å²) in [5.41, 5.74) is 3.08. The molecule has 2 heterocycles. The summed E-state index contributed by atoms with van der Waals surface area (Å²) in [5.74, 6) is 0.552. The summed E-state index contributed by atoms with van der Waals surface area (Å²) in [6.07, 6.45) is 6.84. The lowest BCUT2D eigenvalue weighted by Gasteiger charge is -2.20. The minimum atomic E-state index is -0.208. The summed E-state index contributed by atoms with van der Waals surface area (Å²) in [6.45, 7) is 5.85. The number of nitrogens with zero attached hydrogens (tertiary/aromatic N) is 4. The Morgan fingerprint density at radius 1 is 1.32 bits per heavy atom. The van der Waals surface area contributed by atoms with Crippen LogP contribution in [0.25, 0.3) is 5.78 Å². The van der Waals surface area contributed by atoms with Crippen LogP contribution in [0, 0.1) is 13.8 Å². The van der Waals surface area contributed by atoms with Crippen molar-refractivity contribution in [3.63, 3.8) is 0 Å². The smallest absolute Gasteiger partial charge is 0.290 e. The van der Waals surface area contributed by atoms with E-state index in [9.17, 15) is 4.79 Å². The largest absolute Gasteiger partial charge is 0.343 e. The number of carbonyl (C=O) groups excluding carboxylic acids is 1. The average molecular weight is 299 g/mol. The lowest BCUT2D eigenvalue weighted by atomic mass is 9.95. The van der Waals surface area contributed by atoms with Crippen LogP contribution in [0.2, 0.25) is 0 Å². The van der Waals surface area contributed by atoms with Gasteiger partial charge in [-0.15, -0.1) is 10.2 Å². The number of allylic oxidation sites excluding steroid dienone is 1. The third-order valence-corrected chi connectivity index (χ3v) is 4.13. The third-order valence-electron chi connectivity index (χ3n) is 4.13. The fraction of sp³-hybridized carbons (Fsp3) is 0.500. The molecule has 0 saturated heterocycles. The molecule has 22 heavy (non-hydrogen) atoms. The fourth-order valence-corrected chi connectivity index (χ4v) is 2.99. The highest BCUT2D eigenvalue weighted by molar-refractivity contribution is 5.91. The van der Waals surface area contributed by atoms with E-state index in [2.05, 4.69) is 26.6 Å². The summed E-state index contributed by atoms with van der Waals surface area (Å²) in [4.78, 5) is 16.8. The first kappa shape index (κ1) is 14.7. The number of carbonyl (C=O) groups is 1. The monoisotopic (exact) mass is 299 g/mol. The molecule has 0 aliphatic heterocycles. The summed E-state index contributed by atoms with van der Waals surface area (Å²) in [6, 6.07) is 1.94. The molecule has 0 bridgehead atoms. The Balaban J connectivity index is 1.85. The van der Waals surface area contributed by atoms with E-state index in [1.807, 2.05) is 26.8 Å². The van der Waals surface area contributed by atoms with Crippen LogP contribution in [0.15, 0.2) is 17.7 Å². The van der Waals surface area contributed by atoms with Crippen molar-refractivity contribution in [3.8, 4) is 0 Å². The van der Waals surface area contributed by atoms with Gasteiger partial charge < -0.3 is 5.32 Å².